The highest BCUT2D eigenvalue weighted by Crippen LogP contribution is 2.35. The number of nitrogens with zero attached hydrogens (tertiary/aromatic N) is 1. The molecule has 3 unspecified atom stereocenters. The number of aliphatic hydroxyl groups excluding tert-OH is 1. The van der Waals surface area contributed by atoms with Gasteiger partial charge in [0.25, 0.3) is 0 Å². The molecule has 110 valence electrons. The van der Waals surface area contributed by atoms with E-state index < -0.39 is 0 Å². The monoisotopic (exact) mass is 275 g/mol. The lowest BCUT2D eigenvalue weighted by Gasteiger charge is -2.37. The maximum atomic E-state index is 10.3. The summed E-state index contributed by atoms with van der Waals surface area (Å²) in [6.45, 7) is 2.07. The van der Waals surface area contributed by atoms with Crippen molar-refractivity contribution in [3.8, 4) is 5.75 Å². The van der Waals surface area contributed by atoms with Crippen LogP contribution in [-0.4, -0.2) is 33.8 Å². The fraction of sp³-hybridized carbons (Fsp3) is 0.647. The Kier molecular flexibility index (Phi) is 4.27. The van der Waals surface area contributed by atoms with Crippen LogP contribution in [0.25, 0.3) is 0 Å². The van der Waals surface area contributed by atoms with E-state index in [-0.39, 0.29) is 6.10 Å². The predicted octanol–water partition coefficient (Wildman–Crippen LogP) is 2.91. The summed E-state index contributed by atoms with van der Waals surface area (Å²) in [5.74, 6) is 0.790. The smallest absolute Gasteiger partial charge is 0.115 e. The maximum Gasteiger partial charge on any atom is 0.115 e. The van der Waals surface area contributed by atoms with Crippen molar-refractivity contribution in [1.29, 1.82) is 0 Å². The average molecular weight is 275 g/mol. The van der Waals surface area contributed by atoms with E-state index in [0.29, 0.717) is 17.7 Å². The first-order valence-corrected chi connectivity index (χ1v) is 7.94. The first-order chi connectivity index (χ1) is 9.74. The molecule has 0 amide bonds. The zero-order valence-corrected chi connectivity index (χ0v) is 12.0. The molecule has 3 heteroatoms. The van der Waals surface area contributed by atoms with Crippen LogP contribution in [-0.2, 0) is 6.54 Å². The van der Waals surface area contributed by atoms with Gasteiger partial charge in [-0.2, -0.15) is 0 Å². The van der Waals surface area contributed by atoms with Crippen molar-refractivity contribution in [1.82, 2.24) is 4.90 Å². The molecular weight excluding hydrogens is 250 g/mol. The molecule has 1 heterocycles. The van der Waals surface area contributed by atoms with Crippen LogP contribution in [0.3, 0.4) is 0 Å². The van der Waals surface area contributed by atoms with E-state index in [9.17, 15) is 10.2 Å². The Morgan fingerprint density at radius 1 is 1.00 bits per heavy atom. The van der Waals surface area contributed by atoms with Crippen molar-refractivity contribution in [3.05, 3.63) is 29.8 Å². The summed E-state index contributed by atoms with van der Waals surface area (Å²) in [4.78, 5) is 2.53. The van der Waals surface area contributed by atoms with E-state index in [0.717, 1.165) is 19.5 Å². The Bertz CT molecular complexity index is 431. The molecule has 0 radical (unpaired) electrons. The molecule has 2 aliphatic rings. The second-order valence-electron chi connectivity index (χ2n) is 6.36. The lowest BCUT2D eigenvalue weighted by molar-refractivity contribution is 0.0201. The summed E-state index contributed by atoms with van der Waals surface area (Å²) in [5.41, 5.74) is 1.25. The van der Waals surface area contributed by atoms with Crippen molar-refractivity contribution in [2.75, 3.05) is 6.54 Å². The van der Waals surface area contributed by atoms with Gasteiger partial charge in [0, 0.05) is 18.5 Å². The van der Waals surface area contributed by atoms with E-state index in [2.05, 4.69) is 4.90 Å². The quantitative estimate of drug-likeness (QED) is 0.891. The lowest BCUT2D eigenvalue weighted by Crippen LogP contribution is -2.42. The molecule has 3 rings (SSSR count). The first-order valence-electron chi connectivity index (χ1n) is 7.94. The number of aliphatic hydroxyl groups is 1. The van der Waals surface area contributed by atoms with Gasteiger partial charge in [0.1, 0.15) is 5.75 Å². The van der Waals surface area contributed by atoms with Crippen molar-refractivity contribution in [3.63, 3.8) is 0 Å². The number of aromatic hydroxyl groups is 1. The highest BCUT2D eigenvalue weighted by Gasteiger charge is 2.36. The molecule has 3 atom stereocenters. The summed E-state index contributed by atoms with van der Waals surface area (Å²) < 4.78 is 0. The van der Waals surface area contributed by atoms with Gasteiger partial charge in [-0.15, -0.1) is 0 Å². The maximum absolute atomic E-state index is 10.3. The van der Waals surface area contributed by atoms with Gasteiger partial charge in [-0.1, -0.05) is 25.0 Å². The third kappa shape index (κ3) is 2.99. The van der Waals surface area contributed by atoms with Crippen LogP contribution in [0, 0.1) is 5.92 Å². The molecule has 2 N–H and O–H groups in total. The molecular formula is C17H25NO2. The fourth-order valence-electron chi connectivity index (χ4n) is 3.96. The number of rotatable bonds is 3. The predicted molar refractivity (Wildman–Crippen MR) is 79.5 cm³/mol. The Labute approximate surface area is 121 Å². The molecule has 1 aromatic carbocycles. The minimum Gasteiger partial charge on any atom is -0.508 e. The third-order valence-corrected chi connectivity index (χ3v) is 5.01. The lowest BCUT2D eigenvalue weighted by atomic mass is 9.80. The number of phenols is 1. The van der Waals surface area contributed by atoms with Gasteiger partial charge >= 0.3 is 0 Å². The van der Waals surface area contributed by atoms with Crippen LogP contribution in [0.5, 0.6) is 5.75 Å². The number of hydrogen-bond donors (Lipinski definition) is 2. The second kappa shape index (κ2) is 6.15. The topological polar surface area (TPSA) is 43.7 Å². The highest BCUT2D eigenvalue weighted by molar-refractivity contribution is 5.25. The number of benzene rings is 1. The Morgan fingerprint density at radius 2 is 1.75 bits per heavy atom. The van der Waals surface area contributed by atoms with Gasteiger partial charge in [-0.05, 0) is 49.9 Å². The number of hydrogen-bond acceptors (Lipinski definition) is 3. The van der Waals surface area contributed by atoms with Crippen LogP contribution >= 0.6 is 0 Å². The largest absolute Gasteiger partial charge is 0.508 e. The van der Waals surface area contributed by atoms with Crippen molar-refractivity contribution in [2.24, 2.45) is 5.92 Å². The molecule has 2 fully saturated rings. The van der Waals surface area contributed by atoms with Gasteiger partial charge in [0.15, 0.2) is 0 Å². The zero-order valence-electron chi connectivity index (χ0n) is 12.0. The SMILES string of the molecule is Oc1ccc(CN2CCCC2C2CCCCC2O)cc1. The van der Waals surface area contributed by atoms with Gasteiger partial charge < -0.3 is 10.2 Å². The van der Waals surface area contributed by atoms with Gasteiger partial charge in [-0.25, -0.2) is 0 Å². The van der Waals surface area contributed by atoms with Crippen molar-refractivity contribution in [2.45, 2.75) is 57.2 Å². The summed E-state index contributed by atoms with van der Waals surface area (Å²) in [6.07, 6.45) is 6.97. The van der Waals surface area contributed by atoms with Crippen LogP contribution in [0.2, 0.25) is 0 Å². The van der Waals surface area contributed by atoms with Crippen molar-refractivity contribution >= 4 is 0 Å². The minimum absolute atomic E-state index is 0.103. The Hall–Kier alpha value is -1.06. The highest BCUT2D eigenvalue weighted by atomic mass is 16.3. The fourth-order valence-corrected chi connectivity index (χ4v) is 3.96. The Balaban J connectivity index is 1.67. The summed E-state index contributed by atoms with van der Waals surface area (Å²) >= 11 is 0. The molecule has 0 spiro atoms. The van der Waals surface area contributed by atoms with Crippen LogP contribution in [0.1, 0.15) is 44.1 Å². The van der Waals surface area contributed by atoms with Gasteiger partial charge in [0.2, 0.25) is 0 Å². The van der Waals surface area contributed by atoms with Gasteiger partial charge in [-0.3, -0.25) is 4.90 Å². The molecule has 1 aromatic rings. The summed E-state index contributed by atoms with van der Waals surface area (Å²) in [5, 5.41) is 19.7. The number of likely N-dealkylation sites (tertiary alicyclic amines) is 1. The van der Waals surface area contributed by atoms with Crippen LogP contribution < -0.4 is 0 Å². The number of phenolic OH excluding ortho intramolecular Hbond substituents is 1. The third-order valence-electron chi connectivity index (χ3n) is 5.01. The van der Waals surface area contributed by atoms with E-state index in [4.69, 9.17) is 0 Å². The standard InChI is InChI=1S/C17H25NO2/c19-14-9-7-13(8-10-14)12-18-11-3-5-16(18)15-4-1-2-6-17(15)20/h7-10,15-17,19-20H,1-6,11-12H2. The van der Waals surface area contributed by atoms with Gasteiger partial charge in [0.05, 0.1) is 6.10 Å². The van der Waals surface area contributed by atoms with Crippen LogP contribution in [0.15, 0.2) is 24.3 Å². The summed E-state index contributed by atoms with van der Waals surface area (Å²) in [6, 6.07) is 8.06. The first kappa shape index (κ1) is 13.9. The molecule has 0 bridgehead atoms. The van der Waals surface area contributed by atoms with E-state index in [1.165, 1.54) is 37.7 Å². The Morgan fingerprint density at radius 3 is 2.50 bits per heavy atom. The second-order valence-corrected chi connectivity index (χ2v) is 6.36. The molecule has 1 saturated carbocycles. The van der Waals surface area contributed by atoms with Crippen LogP contribution in [0.4, 0.5) is 0 Å². The van der Waals surface area contributed by atoms with Crippen molar-refractivity contribution < 1.29 is 10.2 Å². The summed E-state index contributed by atoms with van der Waals surface area (Å²) in [7, 11) is 0. The van der Waals surface area contributed by atoms with E-state index in [1.54, 1.807) is 12.1 Å². The van der Waals surface area contributed by atoms with E-state index in [1.807, 2.05) is 12.1 Å². The molecule has 1 aliphatic carbocycles. The molecule has 3 nitrogen and oxygen atoms in total. The molecule has 1 aliphatic heterocycles. The molecule has 20 heavy (non-hydrogen) atoms. The normalized spacial score (nSPS) is 31.6. The average Bonchev–Trinajstić information content (AvgIpc) is 2.90. The molecule has 1 saturated heterocycles. The van der Waals surface area contributed by atoms with E-state index >= 15 is 0 Å². The minimum atomic E-state index is -0.103. The zero-order chi connectivity index (χ0) is 13.9. The molecule has 0 aromatic heterocycles.